The maximum atomic E-state index is 5.59. The Bertz CT molecular complexity index is 389. The van der Waals surface area contributed by atoms with Crippen molar-refractivity contribution >= 4 is 0 Å². The number of hydrogen-bond acceptors (Lipinski definition) is 5. The summed E-state index contributed by atoms with van der Waals surface area (Å²) in [4.78, 5) is 8.54. The van der Waals surface area contributed by atoms with Gasteiger partial charge in [-0.3, -0.25) is 4.98 Å². The van der Waals surface area contributed by atoms with E-state index in [0.717, 1.165) is 12.2 Å². The predicted octanol–water partition coefficient (Wildman–Crippen LogP) is 2.42. The molecule has 0 spiro atoms. The molecule has 0 fully saturated rings. The lowest BCUT2D eigenvalue weighted by molar-refractivity contribution is -0.0168. The zero-order chi connectivity index (χ0) is 15.0. The van der Waals surface area contributed by atoms with Crippen molar-refractivity contribution in [3.05, 3.63) is 18.1 Å². The molecule has 0 saturated heterocycles. The third-order valence-electron chi connectivity index (χ3n) is 2.39. The van der Waals surface area contributed by atoms with Crippen molar-refractivity contribution < 1.29 is 9.47 Å². The van der Waals surface area contributed by atoms with Gasteiger partial charge in [-0.05, 0) is 33.2 Å². The van der Waals surface area contributed by atoms with Gasteiger partial charge in [0.1, 0.15) is 6.61 Å². The Balaban J connectivity index is 2.32. The Morgan fingerprint density at radius 2 is 1.95 bits per heavy atom. The summed E-state index contributed by atoms with van der Waals surface area (Å²) in [5.41, 5.74) is 0.748. The third kappa shape index (κ3) is 8.07. The van der Waals surface area contributed by atoms with E-state index in [1.165, 1.54) is 0 Å². The Hall–Kier alpha value is -1.20. The molecule has 0 aliphatic carbocycles. The fourth-order valence-corrected chi connectivity index (χ4v) is 1.52. The Labute approximate surface area is 122 Å². The molecule has 0 saturated carbocycles. The average Bonchev–Trinajstić information content (AvgIpc) is 2.34. The van der Waals surface area contributed by atoms with Crippen LogP contribution in [0.1, 0.15) is 40.3 Å². The second-order valence-corrected chi connectivity index (χ2v) is 6.18. The van der Waals surface area contributed by atoms with Gasteiger partial charge >= 0.3 is 0 Å². The van der Waals surface area contributed by atoms with E-state index < -0.39 is 0 Å². The van der Waals surface area contributed by atoms with Crippen molar-refractivity contribution in [1.29, 1.82) is 0 Å². The SMILES string of the molecule is CC(C)CNCc1cncc(OCCOC(C)(C)C)n1. The van der Waals surface area contributed by atoms with Gasteiger partial charge in [0.2, 0.25) is 5.88 Å². The van der Waals surface area contributed by atoms with Crippen LogP contribution in [0, 0.1) is 5.92 Å². The molecule has 5 heteroatoms. The topological polar surface area (TPSA) is 56.3 Å². The maximum Gasteiger partial charge on any atom is 0.232 e. The molecule has 1 N–H and O–H groups in total. The first-order chi connectivity index (χ1) is 9.37. The summed E-state index contributed by atoms with van der Waals surface area (Å²) in [6, 6.07) is 0. The quantitative estimate of drug-likeness (QED) is 0.742. The molecule has 20 heavy (non-hydrogen) atoms. The molecule has 0 aliphatic heterocycles. The Kier molecular flexibility index (Phi) is 6.88. The molecular weight excluding hydrogens is 254 g/mol. The molecule has 0 unspecified atom stereocenters. The van der Waals surface area contributed by atoms with Crippen LogP contribution in [0.25, 0.3) is 0 Å². The first kappa shape index (κ1) is 16.9. The first-order valence-electron chi connectivity index (χ1n) is 7.15. The van der Waals surface area contributed by atoms with E-state index in [0.29, 0.717) is 31.6 Å². The van der Waals surface area contributed by atoms with E-state index in [-0.39, 0.29) is 5.60 Å². The Morgan fingerprint density at radius 3 is 2.60 bits per heavy atom. The number of hydrogen-bond donors (Lipinski definition) is 1. The molecule has 5 nitrogen and oxygen atoms in total. The number of ether oxygens (including phenoxy) is 2. The summed E-state index contributed by atoms with van der Waals surface area (Å²) in [5.74, 6) is 1.17. The van der Waals surface area contributed by atoms with Crippen LogP contribution in [0.2, 0.25) is 0 Å². The van der Waals surface area contributed by atoms with Crippen molar-refractivity contribution in [2.75, 3.05) is 19.8 Å². The van der Waals surface area contributed by atoms with Gasteiger partial charge in [-0.2, -0.15) is 0 Å². The first-order valence-corrected chi connectivity index (χ1v) is 7.15. The summed E-state index contributed by atoms with van der Waals surface area (Å²) in [5, 5.41) is 3.33. The standard InChI is InChI=1S/C15H27N3O2/c1-12(2)8-16-9-13-10-17-11-14(18-13)19-6-7-20-15(3,4)5/h10-12,16H,6-9H2,1-5H3. The molecule has 0 aliphatic rings. The number of aromatic nitrogens is 2. The number of nitrogens with zero attached hydrogens (tertiary/aromatic N) is 2. The lowest BCUT2D eigenvalue weighted by atomic mass is 10.2. The van der Waals surface area contributed by atoms with Crippen LogP contribution in [0.3, 0.4) is 0 Å². The van der Waals surface area contributed by atoms with Crippen LogP contribution < -0.4 is 10.1 Å². The fraction of sp³-hybridized carbons (Fsp3) is 0.733. The second-order valence-electron chi connectivity index (χ2n) is 6.18. The van der Waals surface area contributed by atoms with Gasteiger partial charge in [-0.1, -0.05) is 13.8 Å². The van der Waals surface area contributed by atoms with Crippen LogP contribution in [0.5, 0.6) is 5.88 Å². The summed E-state index contributed by atoms with van der Waals surface area (Å²) < 4.78 is 11.1. The van der Waals surface area contributed by atoms with E-state index in [1.54, 1.807) is 12.4 Å². The van der Waals surface area contributed by atoms with E-state index in [4.69, 9.17) is 9.47 Å². The second kappa shape index (κ2) is 8.17. The highest BCUT2D eigenvalue weighted by atomic mass is 16.5. The van der Waals surface area contributed by atoms with Crippen LogP contribution in [0.4, 0.5) is 0 Å². The fourth-order valence-electron chi connectivity index (χ4n) is 1.52. The Morgan fingerprint density at radius 1 is 1.20 bits per heavy atom. The highest BCUT2D eigenvalue weighted by Gasteiger charge is 2.09. The summed E-state index contributed by atoms with van der Waals surface area (Å²) in [6.07, 6.45) is 3.38. The highest BCUT2D eigenvalue weighted by molar-refractivity contribution is 5.08. The molecule has 0 atom stereocenters. The molecule has 114 valence electrons. The summed E-state index contributed by atoms with van der Waals surface area (Å²) in [6.45, 7) is 13.1. The van der Waals surface area contributed by atoms with Crippen LogP contribution in [0.15, 0.2) is 12.4 Å². The summed E-state index contributed by atoms with van der Waals surface area (Å²) >= 11 is 0. The van der Waals surface area contributed by atoms with Crippen molar-refractivity contribution in [2.24, 2.45) is 5.92 Å². The van der Waals surface area contributed by atoms with Crippen LogP contribution in [-0.2, 0) is 11.3 Å². The van der Waals surface area contributed by atoms with Crippen LogP contribution in [-0.4, -0.2) is 35.3 Å². The highest BCUT2D eigenvalue weighted by Crippen LogP contribution is 2.08. The van der Waals surface area contributed by atoms with Crippen molar-refractivity contribution in [2.45, 2.75) is 46.8 Å². The predicted molar refractivity (Wildman–Crippen MR) is 79.8 cm³/mol. The minimum absolute atomic E-state index is 0.141. The average molecular weight is 281 g/mol. The number of rotatable bonds is 8. The monoisotopic (exact) mass is 281 g/mol. The minimum Gasteiger partial charge on any atom is -0.474 e. The van der Waals surface area contributed by atoms with Gasteiger partial charge in [-0.25, -0.2) is 4.98 Å². The van der Waals surface area contributed by atoms with Gasteiger partial charge in [0.25, 0.3) is 0 Å². The van der Waals surface area contributed by atoms with Gasteiger partial charge in [0, 0.05) is 12.7 Å². The summed E-state index contributed by atoms with van der Waals surface area (Å²) in [7, 11) is 0. The van der Waals surface area contributed by atoms with Gasteiger partial charge in [0.05, 0.1) is 24.1 Å². The maximum absolute atomic E-state index is 5.59. The zero-order valence-corrected chi connectivity index (χ0v) is 13.3. The number of nitrogens with one attached hydrogen (secondary N) is 1. The normalized spacial score (nSPS) is 11.9. The van der Waals surface area contributed by atoms with Gasteiger partial charge in [-0.15, -0.1) is 0 Å². The molecule has 0 aromatic carbocycles. The molecule has 0 amide bonds. The van der Waals surface area contributed by atoms with Crippen molar-refractivity contribution in [1.82, 2.24) is 15.3 Å². The van der Waals surface area contributed by atoms with Gasteiger partial charge in [0.15, 0.2) is 0 Å². The van der Waals surface area contributed by atoms with E-state index in [1.807, 2.05) is 20.8 Å². The van der Waals surface area contributed by atoms with E-state index >= 15 is 0 Å². The van der Waals surface area contributed by atoms with E-state index in [2.05, 4.69) is 29.1 Å². The van der Waals surface area contributed by atoms with Gasteiger partial charge < -0.3 is 14.8 Å². The molecule has 1 heterocycles. The molecule has 0 radical (unpaired) electrons. The largest absolute Gasteiger partial charge is 0.474 e. The molecule has 0 bridgehead atoms. The lowest BCUT2D eigenvalue weighted by Gasteiger charge is -2.19. The molecular formula is C15H27N3O2. The van der Waals surface area contributed by atoms with Crippen molar-refractivity contribution in [3.8, 4) is 5.88 Å². The molecule has 1 rings (SSSR count). The molecule has 1 aromatic heterocycles. The van der Waals surface area contributed by atoms with E-state index in [9.17, 15) is 0 Å². The third-order valence-corrected chi connectivity index (χ3v) is 2.39. The van der Waals surface area contributed by atoms with Crippen molar-refractivity contribution in [3.63, 3.8) is 0 Å². The molecule has 1 aromatic rings. The zero-order valence-electron chi connectivity index (χ0n) is 13.3. The minimum atomic E-state index is -0.141. The smallest absolute Gasteiger partial charge is 0.232 e. The van der Waals surface area contributed by atoms with Crippen LogP contribution >= 0.6 is 0 Å². The lowest BCUT2D eigenvalue weighted by Crippen LogP contribution is -2.23.